The molecular weight excluding hydrogens is 246 g/mol. The third-order valence-corrected chi connectivity index (χ3v) is 3.64. The van der Waals surface area contributed by atoms with Crippen molar-refractivity contribution < 1.29 is 4.74 Å². The van der Waals surface area contributed by atoms with Crippen LogP contribution in [0.2, 0.25) is 0 Å². The highest BCUT2D eigenvalue weighted by Gasteiger charge is 2.28. The molecule has 1 fully saturated rings. The van der Waals surface area contributed by atoms with Crippen LogP contribution in [0.15, 0.2) is 18.3 Å². The van der Waals surface area contributed by atoms with Crippen LogP contribution in [0, 0.1) is 0 Å². The first-order chi connectivity index (χ1) is 8.59. The van der Waals surface area contributed by atoms with Crippen LogP contribution in [0.4, 0.5) is 0 Å². The minimum Gasteiger partial charge on any atom is -0.388 e. The van der Waals surface area contributed by atoms with Crippen LogP contribution in [0.25, 0.3) is 0 Å². The van der Waals surface area contributed by atoms with Gasteiger partial charge in [0.05, 0.1) is 6.10 Å². The Morgan fingerprint density at radius 2 is 2.44 bits per heavy atom. The number of nitrogens with two attached hydrogens (primary N) is 1. The zero-order chi connectivity index (χ0) is 13.1. The Bertz CT molecular complexity index is 438. The van der Waals surface area contributed by atoms with E-state index in [1.165, 1.54) is 0 Å². The number of thiocarbonyl (C=S) groups is 1. The van der Waals surface area contributed by atoms with Gasteiger partial charge in [0.15, 0.2) is 0 Å². The molecule has 18 heavy (non-hydrogen) atoms. The Morgan fingerprint density at radius 1 is 1.67 bits per heavy atom. The molecule has 2 N–H and O–H groups in total. The molecule has 0 bridgehead atoms. The molecule has 0 aromatic carbocycles. The SMILES string of the molecule is CC1OCCC1N(C)Cc1cccnc1C(N)=S. The molecule has 0 spiro atoms. The molecule has 1 aliphatic rings. The Kier molecular flexibility index (Phi) is 4.27. The maximum absolute atomic E-state index is 5.70. The summed E-state index contributed by atoms with van der Waals surface area (Å²) in [6, 6.07) is 4.39. The van der Waals surface area contributed by atoms with Gasteiger partial charge in [0.2, 0.25) is 0 Å². The summed E-state index contributed by atoms with van der Waals surface area (Å²) in [5.41, 5.74) is 7.50. The number of aromatic nitrogens is 1. The summed E-state index contributed by atoms with van der Waals surface area (Å²) < 4.78 is 5.59. The second-order valence-electron chi connectivity index (χ2n) is 4.72. The summed E-state index contributed by atoms with van der Waals surface area (Å²) in [5.74, 6) is 0. The third kappa shape index (κ3) is 2.85. The highest BCUT2D eigenvalue weighted by Crippen LogP contribution is 2.20. The smallest absolute Gasteiger partial charge is 0.123 e. The Morgan fingerprint density at radius 3 is 3.06 bits per heavy atom. The first-order valence-corrected chi connectivity index (χ1v) is 6.56. The summed E-state index contributed by atoms with van der Waals surface area (Å²) in [6.07, 6.45) is 3.07. The van der Waals surface area contributed by atoms with Gasteiger partial charge in [-0.3, -0.25) is 9.88 Å². The Balaban J connectivity index is 2.11. The number of nitrogens with zero attached hydrogens (tertiary/aromatic N) is 2. The molecule has 0 saturated carbocycles. The molecule has 0 aliphatic carbocycles. The molecular formula is C13H19N3OS. The van der Waals surface area contributed by atoms with E-state index in [1.54, 1.807) is 6.20 Å². The van der Waals surface area contributed by atoms with Crippen molar-refractivity contribution in [3.05, 3.63) is 29.6 Å². The van der Waals surface area contributed by atoms with Gasteiger partial charge in [-0.25, -0.2) is 0 Å². The monoisotopic (exact) mass is 265 g/mol. The average molecular weight is 265 g/mol. The highest BCUT2D eigenvalue weighted by molar-refractivity contribution is 7.80. The first-order valence-electron chi connectivity index (χ1n) is 6.15. The number of rotatable bonds is 4. The van der Waals surface area contributed by atoms with E-state index < -0.39 is 0 Å². The van der Waals surface area contributed by atoms with Gasteiger partial charge in [0, 0.05) is 25.4 Å². The van der Waals surface area contributed by atoms with E-state index in [1.807, 2.05) is 12.1 Å². The maximum atomic E-state index is 5.70. The molecule has 5 heteroatoms. The van der Waals surface area contributed by atoms with Gasteiger partial charge in [-0.1, -0.05) is 18.3 Å². The van der Waals surface area contributed by atoms with E-state index in [4.69, 9.17) is 22.7 Å². The number of likely N-dealkylation sites (N-methyl/N-ethyl adjacent to an activating group) is 1. The largest absolute Gasteiger partial charge is 0.388 e. The zero-order valence-corrected chi connectivity index (χ0v) is 11.6. The molecule has 98 valence electrons. The normalized spacial score (nSPS) is 23.5. The van der Waals surface area contributed by atoms with Crippen LogP contribution < -0.4 is 5.73 Å². The molecule has 4 nitrogen and oxygen atoms in total. The number of pyridine rings is 1. The van der Waals surface area contributed by atoms with E-state index in [2.05, 4.69) is 23.9 Å². The van der Waals surface area contributed by atoms with Gasteiger partial charge in [-0.15, -0.1) is 0 Å². The molecule has 0 radical (unpaired) electrons. The fourth-order valence-corrected chi connectivity index (χ4v) is 2.66. The van der Waals surface area contributed by atoms with Gasteiger partial charge in [0.25, 0.3) is 0 Å². The maximum Gasteiger partial charge on any atom is 0.123 e. The summed E-state index contributed by atoms with van der Waals surface area (Å²) >= 11 is 5.03. The van der Waals surface area contributed by atoms with Crippen molar-refractivity contribution in [1.29, 1.82) is 0 Å². The molecule has 1 aromatic heterocycles. The van der Waals surface area contributed by atoms with Crippen molar-refractivity contribution in [2.24, 2.45) is 5.73 Å². The van der Waals surface area contributed by atoms with E-state index in [-0.39, 0.29) is 6.10 Å². The second kappa shape index (κ2) is 5.73. The van der Waals surface area contributed by atoms with Crippen LogP contribution >= 0.6 is 12.2 Å². The minimum absolute atomic E-state index is 0.278. The molecule has 1 aromatic rings. The lowest BCUT2D eigenvalue weighted by Gasteiger charge is -2.27. The minimum atomic E-state index is 0.278. The van der Waals surface area contributed by atoms with Gasteiger partial charge in [0.1, 0.15) is 10.7 Å². The van der Waals surface area contributed by atoms with Gasteiger partial charge in [-0.05, 0) is 32.0 Å². The number of ether oxygens (including phenoxy) is 1. The Labute approximate surface area is 113 Å². The van der Waals surface area contributed by atoms with Gasteiger partial charge < -0.3 is 10.5 Å². The predicted molar refractivity (Wildman–Crippen MR) is 75.4 cm³/mol. The summed E-state index contributed by atoms with van der Waals surface area (Å²) in [7, 11) is 2.10. The molecule has 1 saturated heterocycles. The molecule has 1 aliphatic heterocycles. The van der Waals surface area contributed by atoms with Gasteiger partial charge in [-0.2, -0.15) is 0 Å². The topological polar surface area (TPSA) is 51.4 Å². The lowest BCUT2D eigenvalue weighted by Crippen LogP contribution is -2.36. The fourth-order valence-electron chi connectivity index (χ4n) is 2.47. The van der Waals surface area contributed by atoms with Crippen molar-refractivity contribution in [1.82, 2.24) is 9.88 Å². The van der Waals surface area contributed by atoms with Crippen molar-refractivity contribution in [2.45, 2.75) is 32.0 Å². The molecule has 0 amide bonds. The van der Waals surface area contributed by atoms with Crippen LogP contribution in [0.3, 0.4) is 0 Å². The summed E-state index contributed by atoms with van der Waals surface area (Å²) in [5, 5.41) is 0. The number of hydrogen-bond acceptors (Lipinski definition) is 4. The molecule has 2 atom stereocenters. The van der Waals surface area contributed by atoms with Crippen molar-refractivity contribution in [3.63, 3.8) is 0 Å². The summed E-state index contributed by atoms with van der Waals surface area (Å²) in [6.45, 7) is 3.75. The number of hydrogen-bond donors (Lipinski definition) is 1. The zero-order valence-electron chi connectivity index (χ0n) is 10.8. The molecule has 2 heterocycles. The van der Waals surface area contributed by atoms with Crippen LogP contribution in [-0.2, 0) is 11.3 Å². The van der Waals surface area contributed by atoms with Crippen LogP contribution in [0.5, 0.6) is 0 Å². The third-order valence-electron chi connectivity index (χ3n) is 3.45. The van der Waals surface area contributed by atoms with Gasteiger partial charge >= 0.3 is 0 Å². The van der Waals surface area contributed by atoms with E-state index in [0.717, 1.165) is 30.8 Å². The fraction of sp³-hybridized carbons (Fsp3) is 0.538. The van der Waals surface area contributed by atoms with Crippen molar-refractivity contribution in [2.75, 3.05) is 13.7 Å². The average Bonchev–Trinajstić information content (AvgIpc) is 2.76. The molecule has 2 rings (SSSR count). The van der Waals surface area contributed by atoms with E-state index >= 15 is 0 Å². The molecule has 2 unspecified atom stereocenters. The Hall–Kier alpha value is -1.04. The lowest BCUT2D eigenvalue weighted by atomic mass is 10.1. The first kappa shape index (κ1) is 13.4. The summed E-state index contributed by atoms with van der Waals surface area (Å²) in [4.78, 5) is 6.90. The predicted octanol–water partition coefficient (Wildman–Crippen LogP) is 1.33. The van der Waals surface area contributed by atoms with E-state index in [9.17, 15) is 0 Å². The lowest BCUT2D eigenvalue weighted by molar-refractivity contribution is 0.0814. The quantitative estimate of drug-likeness (QED) is 0.832. The van der Waals surface area contributed by atoms with Crippen molar-refractivity contribution in [3.8, 4) is 0 Å². The standard InChI is InChI=1S/C13H19N3OS/c1-9-11(5-7-17-9)16(2)8-10-4-3-6-15-12(10)13(14)18/h3-4,6,9,11H,5,7-8H2,1-2H3,(H2,14,18). The van der Waals surface area contributed by atoms with Crippen LogP contribution in [0.1, 0.15) is 24.6 Å². The van der Waals surface area contributed by atoms with Crippen molar-refractivity contribution >= 4 is 17.2 Å². The van der Waals surface area contributed by atoms with E-state index in [0.29, 0.717) is 11.0 Å². The highest BCUT2D eigenvalue weighted by atomic mass is 32.1. The second-order valence-corrected chi connectivity index (χ2v) is 5.16. The van der Waals surface area contributed by atoms with Crippen LogP contribution in [-0.4, -0.2) is 40.7 Å².